The second-order valence-corrected chi connectivity index (χ2v) is 8.03. The quantitative estimate of drug-likeness (QED) is 0.437. The van der Waals surface area contributed by atoms with Gasteiger partial charge in [-0.3, -0.25) is 14.5 Å². The molecule has 6 heteroatoms. The van der Waals surface area contributed by atoms with Crippen LogP contribution in [0, 0.1) is 5.92 Å². The van der Waals surface area contributed by atoms with Gasteiger partial charge in [-0.05, 0) is 23.6 Å². The number of benzene rings is 2. The summed E-state index contributed by atoms with van der Waals surface area (Å²) in [6.07, 6.45) is 0.875. The Kier molecular flexibility index (Phi) is 7.36. The molecule has 0 unspecified atom stereocenters. The lowest BCUT2D eigenvalue weighted by Crippen LogP contribution is -2.23. The summed E-state index contributed by atoms with van der Waals surface area (Å²) in [5.41, 5.74) is 2.34. The molecule has 2 aromatic carbocycles. The van der Waals surface area contributed by atoms with Crippen molar-refractivity contribution in [3.8, 4) is 0 Å². The summed E-state index contributed by atoms with van der Waals surface area (Å²) >= 11 is 1.35. The molecule has 0 aliphatic rings. The van der Waals surface area contributed by atoms with E-state index in [0.29, 0.717) is 10.8 Å². The van der Waals surface area contributed by atoms with Gasteiger partial charge < -0.3 is 4.74 Å². The number of anilines is 2. The molecule has 0 aliphatic carbocycles. The van der Waals surface area contributed by atoms with Crippen LogP contribution in [-0.2, 0) is 20.9 Å². The maximum Gasteiger partial charge on any atom is 0.314 e. The maximum atomic E-state index is 12.9. The fourth-order valence-electron chi connectivity index (χ4n) is 3.30. The third kappa shape index (κ3) is 5.13. The average Bonchev–Trinajstić information content (AvgIpc) is 3.22. The first-order valence-electron chi connectivity index (χ1n) is 10.0. The van der Waals surface area contributed by atoms with Gasteiger partial charge in [0.1, 0.15) is 6.61 Å². The van der Waals surface area contributed by atoms with Gasteiger partial charge in [0.15, 0.2) is 5.13 Å². The average molecular weight is 423 g/mol. The summed E-state index contributed by atoms with van der Waals surface area (Å²) in [5.74, 6) is -0.527. The van der Waals surface area contributed by atoms with E-state index >= 15 is 0 Å². The molecule has 156 valence electrons. The van der Waals surface area contributed by atoms with E-state index in [1.807, 2.05) is 66.0 Å². The number of aromatic nitrogens is 1. The Morgan fingerprint density at radius 2 is 1.70 bits per heavy atom. The van der Waals surface area contributed by atoms with Crippen molar-refractivity contribution in [1.82, 2.24) is 4.98 Å². The van der Waals surface area contributed by atoms with Crippen LogP contribution in [0.15, 0.2) is 66.0 Å². The van der Waals surface area contributed by atoms with Crippen molar-refractivity contribution in [3.63, 3.8) is 0 Å². The lowest BCUT2D eigenvalue weighted by atomic mass is 9.86. The number of hydrogen-bond donors (Lipinski definition) is 0. The molecular formula is C24H26N2O3S. The van der Waals surface area contributed by atoms with Gasteiger partial charge in [-0.25, -0.2) is 4.98 Å². The number of ether oxygens (including phenoxy) is 1. The van der Waals surface area contributed by atoms with Crippen LogP contribution in [0.25, 0.3) is 0 Å². The Balaban J connectivity index is 1.72. The normalized spacial score (nSPS) is 12.8. The fourth-order valence-corrected chi connectivity index (χ4v) is 4.17. The highest BCUT2D eigenvalue weighted by molar-refractivity contribution is 7.14. The van der Waals surface area contributed by atoms with Crippen molar-refractivity contribution in [2.45, 2.75) is 39.7 Å². The zero-order valence-electron chi connectivity index (χ0n) is 17.4. The summed E-state index contributed by atoms with van der Waals surface area (Å²) in [6, 6.07) is 19.1. The van der Waals surface area contributed by atoms with Crippen molar-refractivity contribution in [1.29, 1.82) is 0 Å². The highest BCUT2D eigenvalue weighted by atomic mass is 32.1. The Morgan fingerprint density at radius 3 is 2.30 bits per heavy atom. The van der Waals surface area contributed by atoms with Crippen molar-refractivity contribution in [2.24, 2.45) is 5.92 Å². The number of thiazole rings is 1. The number of carbonyl (C=O) groups is 2. The van der Waals surface area contributed by atoms with Crippen molar-refractivity contribution < 1.29 is 14.3 Å². The minimum absolute atomic E-state index is 0.0790. The van der Waals surface area contributed by atoms with Crippen molar-refractivity contribution >= 4 is 34.0 Å². The van der Waals surface area contributed by atoms with E-state index in [-0.39, 0.29) is 30.3 Å². The standard InChI is InChI=1S/C24H26N2O3S/c1-4-17(2)22(19-11-7-5-8-12-19)23(28)29-15-20-16-30-24(25-20)26(18(3)27)21-13-9-6-10-14-21/h5-14,16-17,22H,4,15H2,1-3H3/t17-,22-/m0/s1. The number of rotatable bonds is 8. The molecule has 2 atom stereocenters. The predicted molar refractivity (Wildman–Crippen MR) is 120 cm³/mol. The largest absolute Gasteiger partial charge is 0.459 e. The van der Waals surface area contributed by atoms with Crippen LogP contribution in [0.4, 0.5) is 10.8 Å². The molecule has 5 nitrogen and oxygen atoms in total. The molecule has 0 radical (unpaired) electrons. The molecule has 0 spiro atoms. The first-order chi connectivity index (χ1) is 14.5. The van der Waals surface area contributed by atoms with Crippen LogP contribution in [0.1, 0.15) is 44.4 Å². The Hall–Kier alpha value is -2.99. The summed E-state index contributed by atoms with van der Waals surface area (Å²) < 4.78 is 5.63. The van der Waals surface area contributed by atoms with Gasteiger partial charge in [-0.15, -0.1) is 11.3 Å². The minimum Gasteiger partial charge on any atom is -0.459 e. The predicted octanol–water partition coefficient (Wildman–Crippen LogP) is 5.70. The molecule has 3 aromatic rings. The second kappa shape index (κ2) is 10.2. The number of hydrogen-bond acceptors (Lipinski definition) is 5. The molecule has 0 fully saturated rings. The summed E-state index contributed by atoms with van der Waals surface area (Å²) in [6.45, 7) is 5.71. The molecule has 0 saturated carbocycles. The number of nitrogens with zero attached hydrogens (tertiary/aromatic N) is 2. The maximum absolute atomic E-state index is 12.9. The zero-order chi connectivity index (χ0) is 21.5. The zero-order valence-corrected chi connectivity index (χ0v) is 18.3. The molecular weight excluding hydrogens is 396 g/mol. The van der Waals surface area contributed by atoms with Crippen molar-refractivity contribution in [3.05, 3.63) is 77.3 Å². The topological polar surface area (TPSA) is 59.5 Å². The third-order valence-electron chi connectivity index (χ3n) is 5.05. The SMILES string of the molecule is CC[C@H](C)[C@H](C(=O)OCc1csc(N(C(C)=O)c2ccccc2)n1)c1ccccc1. The van der Waals surface area contributed by atoms with Crippen LogP contribution >= 0.6 is 11.3 Å². The minimum atomic E-state index is -0.313. The van der Waals surface area contributed by atoms with Gasteiger partial charge >= 0.3 is 5.97 Å². The number of amides is 1. The van der Waals surface area contributed by atoms with Gasteiger partial charge in [0.05, 0.1) is 17.3 Å². The van der Waals surface area contributed by atoms with E-state index < -0.39 is 0 Å². The molecule has 30 heavy (non-hydrogen) atoms. The van der Waals surface area contributed by atoms with Crippen LogP contribution in [0.3, 0.4) is 0 Å². The van der Waals surface area contributed by atoms with E-state index in [1.165, 1.54) is 18.3 Å². The van der Waals surface area contributed by atoms with E-state index in [4.69, 9.17) is 4.74 Å². The second-order valence-electron chi connectivity index (χ2n) is 7.19. The summed E-state index contributed by atoms with van der Waals surface area (Å²) in [5, 5.41) is 2.38. The number of carbonyl (C=O) groups excluding carboxylic acids is 2. The van der Waals surface area contributed by atoms with Gasteiger partial charge in [0.2, 0.25) is 5.91 Å². The molecule has 3 rings (SSSR count). The Bertz CT molecular complexity index is 972. The van der Waals surface area contributed by atoms with Gasteiger partial charge in [-0.1, -0.05) is 68.8 Å². The molecule has 1 heterocycles. The van der Waals surface area contributed by atoms with Crippen LogP contribution in [0.2, 0.25) is 0 Å². The highest BCUT2D eigenvalue weighted by Crippen LogP contribution is 2.31. The smallest absolute Gasteiger partial charge is 0.314 e. The summed E-state index contributed by atoms with van der Waals surface area (Å²) in [7, 11) is 0. The molecule has 0 N–H and O–H groups in total. The number of esters is 1. The van der Waals surface area contributed by atoms with E-state index in [0.717, 1.165) is 17.7 Å². The van der Waals surface area contributed by atoms with Crippen LogP contribution in [-0.4, -0.2) is 16.9 Å². The fraction of sp³-hybridized carbons (Fsp3) is 0.292. The van der Waals surface area contributed by atoms with Gasteiger partial charge in [0.25, 0.3) is 0 Å². The van der Waals surface area contributed by atoms with E-state index in [9.17, 15) is 9.59 Å². The third-order valence-corrected chi connectivity index (χ3v) is 5.92. The van der Waals surface area contributed by atoms with Crippen LogP contribution in [0.5, 0.6) is 0 Å². The van der Waals surface area contributed by atoms with Gasteiger partial charge in [-0.2, -0.15) is 0 Å². The Labute approximate surface area is 181 Å². The molecule has 0 bridgehead atoms. The lowest BCUT2D eigenvalue weighted by Gasteiger charge is -2.21. The molecule has 1 amide bonds. The Morgan fingerprint density at radius 1 is 1.07 bits per heavy atom. The molecule has 1 aromatic heterocycles. The first kappa shape index (κ1) is 21.7. The van der Waals surface area contributed by atoms with Crippen molar-refractivity contribution in [2.75, 3.05) is 4.90 Å². The van der Waals surface area contributed by atoms with Crippen LogP contribution < -0.4 is 4.90 Å². The van der Waals surface area contributed by atoms with Gasteiger partial charge in [0, 0.05) is 12.3 Å². The number of para-hydroxylation sites is 1. The molecule has 0 saturated heterocycles. The lowest BCUT2D eigenvalue weighted by molar-refractivity contribution is -0.148. The highest BCUT2D eigenvalue weighted by Gasteiger charge is 2.27. The molecule has 0 aliphatic heterocycles. The summed E-state index contributed by atoms with van der Waals surface area (Å²) in [4.78, 5) is 31.1. The monoisotopic (exact) mass is 422 g/mol. The van der Waals surface area contributed by atoms with E-state index in [1.54, 1.807) is 4.90 Å². The first-order valence-corrected chi connectivity index (χ1v) is 10.9. The van der Waals surface area contributed by atoms with E-state index in [2.05, 4.69) is 18.8 Å².